The summed E-state index contributed by atoms with van der Waals surface area (Å²) in [6.45, 7) is 5.27. The van der Waals surface area contributed by atoms with Crippen LogP contribution in [0.25, 0.3) is 0 Å². The van der Waals surface area contributed by atoms with Crippen LogP contribution < -0.4 is 58.7 Å². The van der Waals surface area contributed by atoms with E-state index >= 15 is 0 Å². The van der Waals surface area contributed by atoms with E-state index in [-0.39, 0.29) is 83.2 Å². The Balaban J connectivity index is 0.000000882. The number of carboxylic acids is 1. The van der Waals surface area contributed by atoms with Crippen LogP contribution >= 0.6 is 0 Å². The molecule has 17 N–H and O–H groups in total. The van der Waals surface area contributed by atoms with Gasteiger partial charge in [0.15, 0.2) is 11.8 Å². The number of aliphatic carboxylic acids is 1. The van der Waals surface area contributed by atoms with Gasteiger partial charge < -0.3 is 83.3 Å². The molecule has 1 unspecified atom stereocenters. The van der Waals surface area contributed by atoms with Crippen LogP contribution in [0.15, 0.2) is 77.2 Å². The van der Waals surface area contributed by atoms with E-state index in [1.54, 1.807) is 52.0 Å². The molecule has 1 fully saturated rings. The van der Waals surface area contributed by atoms with Crippen molar-refractivity contribution >= 4 is 71.0 Å². The normalized spacial score (nSPS) is 15.6. The van der Waals surface area contributed by atoms with E-state index in [0.29, 0.717) is 48.4 Å². The van der Waals surface area contributed by atoms with E-state index in [2.05, 4.69) is 62.6 Å². The maximum Gasteiger partial charge on any atom is 0.328 e. The summed E-state index contributed by atoms with van der Waals surface area (Å²) in [5, 5.41) is 58.1. The van der Waals surface area contributed by atoms with Gasteiger partial charge in [-0.1, -0.05) is 26.0 Å². The summed E-state index contributed by atoms with van der Waals surface area (Å²) in [5.41, 5.74) is 17.8. The number of guanidine groups is 1. The van der Waals surface area contributed by atoms with E-state index in [1.807, 2.05) is 0 Å². The largest absolute Gasteiger partial charge is 0.494 e. The molecule has 87 heavy (non-hydrogen) atoms. The molecule has 0 spiro atoms. The van der Waals surface area contributed by atoms with Gasteiger partial charge in [0.2, 0.25) is 29.5 Å². The summed E-state index contributed by atoms with van der Waals surface area (Å²) in [6, 6.07) is 8.78. The van der Waals surface area contributed by atoms with Crippen molar-refractivity contribution < 1.29 is 103 Å². The quantitative estimate of drug-likeness (QED) is 0.0116. The first-order valence-corrected chi connectivity index (χ1v) is 27.2. The molecule has 0 saturated carbocycles. The summed E-state index contributed by atoms with van der Waals surface area (Å²) >= 11 is 0. The zero-order valence-corrected chi connectivity index (χ0v) is 50.5. The Kier molecular flexibility index (Phi) is 37.1. The van der Waals surface area contributed by atoms with Crippen molar-refractivity contribution in [2.75, 3.05) is 72.4 Å². The molecule has 33 heteroatoms. The number of nitrogens with one attached hydrogen (secondary N) is 9. The standard InChI is InChI=1S/C33H46N12O7.C15H20N2O5.C6H13NO5.Tc/c1-19(2)28-32(51)43-23(5-3-12-38-33(34)35)30(49)41-17-26(46)40-18-27(47)42-24(31(50)44-28)15-20-6-9-22(10-7-20)52-14-4-13-37-29(48)21-8-11-25(45-36)39-16-21;1-3-21-13(18)6-5-12(15(20)22-4-2)17-14(19)11-7-9-16-10-8-11;8-2-6(3-9,4-10)7-1-5(11)12;/h6-11,16,19,23-24,28,36H,3-5,12-15,17-18H2,1-2H3,(H,37,48)(H,40,46)(H,41,49)(H,42,47)(H,43,51)(H,44,50)(H4,34,35,38);7-10,12H,3-6H2,1-2H3,(H,17,19);7-10H,1-4H2,(H,11,12);/t23-,24+,28-;;;/m0.../s1. The van der Waals surface area contributed by atoms with Gasteiger partial charge in [0.05, 0.1) is 70.4 Å². The third-order valence-electron chi connectivity index (χ3n) is 12.0. The van der Waals surface area contributed by atoms with Crippen molar-refractivity contribution in [3.63, 3.8) is 0 Å². The number of aliphatic imine (C=N–C) groups is 1. The molecule has 1 saturated heterocycles. The number of nitrogens with two attached hydrogens (primary N) is 2. The van der Waals surface area contributed by atoms with E-state index in [1.165, 1.54) is 42.9 Å². The van der Waals surface area contributed by atoms with E-state index in [9.17, 15) is 47.9 Å². The molecule has 1 aromatic carbocycles. The maximum absolute atomic E-state index is 13.6. The molecule has 0 bridgehead atoms. The number of hydrogen-bond donors (Lipinski definition) is 15. The third kappa shape index (κ3) is 30.3. The van der Waals surface area contributed by atoms with Crippen LogP contribution in [-0.2, 0) is 74.4 Å². The predicted molar refractivity (Wildman–Crippen MR) is 306 cm³/mol. The molecule has 7 amide bonds. The zero-order chi connectivity index (χ0) is 64.0. The number of carboxylic acid groups (broad SMARTS) is 1. The third-order valence-corrected chi connectivity index (χ3v) is 12.0. The molecule has 2 aromatic heterocycles. The van der Waals surface area contributed by atoms with Gasteiger partial charge in [0, 0.05) is 70.2 Å². The van der Waals surface area contributed by atoms with Gasteiger partial charge in [-0.05, 0) is 87.4 Å². The van der Waals surface area contributed by atoms with Crippen LogP contribution in [0.1, 0.15) is 86.1 Å². The molecular formula is C54H79N15O17Tc. The Labute approximate surface area is 515 Å². The van der Waals surface area contributed by atoms with Gasteiger partial charge in [-0.3, -0.25) is 58.4 Å². The fraction of sp³-hybridized carbons (Fsp3) is 0.500. The Hall–Kier alpha value is -8.62. The number of aliphatic hydroxyl groups is 3. The average molecular weight is 1310 g/mol. The number of ether oxygens (including phenoxy) is 3. The minimum atomic E-state index is -1.31. The minimum absolute atomic E-state index is 0. The second-order valence-corrected chi connectivity index (χ2v) is 19.0. The molecular weight excluding hydrogens is 1230 g/mol. The van der Waals surface area contributed by atoms with E-state index in [0.717, 1.165) is 0 Å². The number of amides is 7. The van der Waals surface area contributed by atoms with Gasteiger partial charge in [0.25, 0.3) is 11.8 Å². The first-order valence-electron chi connectivity index (χ1n) is 27.2. The van der Waals surface area contributed by atoms with Crippen LogP contribution in [0.2, 0.25) is 0 Å². The molecule has 3 heterocycles. The Morgan fingerprint density at radius 1 is 0.793 bits per heavy atom. The van der Waals surface area contributed by atoms with Crippen LogP contribution in [0, 0.1) is 11.4 Å². The number of pyridine rings is 2. The van der Waals surface area contributed by atoms with Gasteiger partial charge in [-0.2, -0.15) is 0 Å². The summed E-state index contributed by atoms with van der Waals surface area (Å²) in [4.78, 5) is 134. The van der Waals surface area contributed by atoms with Crippen molar-refractivity contribution in [3.05, 3.63) is 83.8 Å². The molecule has 32 nitrogen and oxygen atoms in total. The maximum atomic E-state index is 13.6. The number of carbonyl (C=O) groups is 10. The van der Waals surface area contributed by atoms with Crippen LogP contribution in [-0.4, -0.2) is 198 Å². The molecule has 1 aliphatic heterocycles. The number of esters is 2. The van der Waals surface area contributed by atoms with Crippen LogP contribution in [0.4, 0.5) is 5.82 Å². The number of aliphatic hydroxyl groups excluding tert-OH is 3. The smallest absolute Gasteiger partial charge is 0.328 e. The van der Waals surface area contributed by atoms with Gasteiger partial charge in [-0.25, -0.2) is 15.3 Å². The summed E-state index contributed by atoms with van der Waals surface area (Å²) < 4.78 is 15.5. The topological polar surface area (TPSA) is 502 Å². The summed E-state index contributed by atoms with van der Waals surface area (Å²) in [6.07, 6.45) is 5.48. The van der Waals surface area contributed by atoms with Crippen molar-refractivity contribution in [1.82, 2.24) is 52.5 Å². The predicted octanol–water partition coefficient (Wildman–Crippen LogP) is -2.64. The van der Waals surface area contributed by atoms with Crippen LogP contribution in [0.5, 0.6) is 5.75 Å². The first-order chi connectivity index (χ1) is 41.0. The molecule has 4 rings (SSSR count). The molecule has 0 aliphatic carbocycles. The molecule has 3 aromatic rings. The fourth-order valence-corrected chi connectivity index (χ4v) is 7.23. The van der Waals surface area contributed by atoms with Crippen LogP contribution in [0.3, 0.4) is 0 Å². The second kappa shape index (κ2) is 42.2. The average Bonchev–Trinajstić information content (AvgIpc) is 3.67. The fourth-order valence-electron chi connectivity index (χ4n) is 7.23. The van der Waals surface area contributed by atoms with Gasteiger partial charge in [0.1, 0.15) is 29.9 Å². The van der Waals surface area contributed by atoms with Crippen molar-refractivity contribution in [3.8, 4) is 5.75 Å². The SMILES string of the molecule is CC(C)[C@@H]1NC(=O)[C@@H](Cc2ccc(OCCCNC(=O)c3ccc(N=N)nc3)cc2)NC(=O)CNC(=O)CNC(=O)[C@H](CCCN=C(N)N)NC1=O.CCOC(=O)CCC(NC(=O)c1ccncc1)C(=O)OCC.O=C(O)CNC(CO)(CO)CO.[Tc]. The Bertz CT molecular complexity index is 2700. The minimum Gasteiger partial charge on any atom is -0.494 e. The number of carbonyl (C=O) groups excluding carboxylic acids is 9. The molecule has 4 atom stereocenters. The first kappa shape index (κ1) is 76.4. The van der Waals surface area contributed by atoms with E-state index in [4.69, 9.17) is 51.6 Å². The number of hydrogen-bond acceptors (Lipinski definition) is 22. The molecule has 479 valence electrons. The Morgan fingerprint density at radius 3 is 2.02 bits per heavy atom. The summed E-state index contributed by atoms with van der Waals surface area (Å²) in [7, 11) is 0. The van der Waals surface area contributed by atoms with Crippen molar-refractivity contribution in [1.29, 1.82) is 5.53 Å². The number of aromatic nitrogens is 2. The molecule has 1 aliphatic rings. The van der Waals surface area contributed by atoms with E-state index < -0.39 is 128 Å². The number of benzene rings is 1. The number of nitrogens with zero attached hydrogens (tertiary/aromatic N) is 4. The molecule has 1 radical (unpaired) electrons. The van der Waals surface area contributed by atoms with Gasteiger partial charge >= 0.3 is 17.9 Å². The monoisotopic (exact) mass is 1310 g/mol. The number of rotatable bonds is 28. The van der Waals surface area contributed by atoms with Gasteiger partial charge in [-0.15, -0.1) is 5.11 Å². The Morgan fingerprint density at radius 2 is 1.45 bits per heavy atom. The second-order valence-electron chi connectivity index (χ2n) is 19.0. The van der Waals surface area contributed by atoms with Crippen molar-refractivity contribution in [2.24, 2.45) is 27.5 Å². The van der Waals surface area contributed by atoms with Crippen molar-refractivity contribution in [2.45, 2.75) is 95.9 Å². The summed E-state index contributed by atoms with van der Waals surface area (Å²) in [5.74, 6) is -5.81. The zero-order valence-electron chi connectivity index (χ0n) is 48.7.